The van der Waals surface area contributed by atoms with Gasteiger partial charge in [-0.1, -0.05) is 37.3 Å². The van der Waals surface area contributed by atoms with E-state index in [9.17, 15) is 0 Å². The van der Waals surface area contributed by atoms with Gasteiger partial charge in [0.15, 0.2) is 0 Å². The minimum Gasteiger partial charge on any atom is -0.314 e. The van der Waals surface area contributed by atoms with Crippen molar-refractivity contribution < 1.29 is 0 Å². The van der Waals surface area contributed by atoms with Crippen molar-refractivity contribution in [3.63, 3.8) is 0 Å². The first-order valence-electron chi connectivity index (χ1n) is 5.60. The predicted molar refractivity (Wildman–Crippen MR) is 69.8 cm³/mol. The standard InChI is InChI=1S/C13H21N.ClH/c1-3-12(2)14-11-7-10-13-8-5-4-6-9-13;/h4-6,8-9,12,14H,3,7,10-11H2,1-2H3;1H. The van der Waals surface area contributed by atoms with Crippen LogP contribution >= 0.6 is 12.4 Å². The van der Waals surface area contributed by atoms with Gasteiger partial charge in [0.1, 0.15) is 0 Å². The maximum Gasteiger partial charge on any atom is 0.00361 e. The average molecular weight is 228 g/mol. The Balaban J connectivity index is 0.00000196. The van der Waals surface area contributed by atoms with E-state index in [4.69, 9.17) is 0 Å². The zero-order valence-corrected chi connectivity index (χ0v) is 10.5. The lowest BCUT2D eigenvalue weighted by Crippen LogP contribution is -2.26. The first kappa shape index (κ1) is 14.5. The van der Waals surface area contributed by atoms with Gasteiger partial charge in [-0.05, 0) is 38.3 Å². The van der Waals surface area contributed by atoms with Crippen LogP contribution in [0, 0.1) is 0 Å². The van der Waals surface area contributed by atoms with Gasteiger partial charge < -0.3 is 5.32 Å². The molecule has 1 rings (SSSR count). The summed E-state index contributed by atoms with van der Waals surface area (Å²) >= 11 is 0. The molecule has 0 aliphatic carbocycles. The molecule has 0 fully saturated rings. The summed E-state index contributed by atoms with van der Waals surface area (Å²) in [7, 11) is 0. The van der Waals surface area contributed by atoms with Gasteiger partial charge >= 0.3 is 0 Å². The monoisotopic (exact) mass is 227 g/mol. The molecule has 0 bridgehead atoms. The SMILES string of the molecule is CCC(C)NCCCc1ccccc1.Cl. The Hall–Kier alpha value is -0.530. The third-order valence-corrected chi connectivity index (χ3v) is 2.59. The molecule has 1 unspecified atom stereocenters. The Morgan fingerprint density at radius 2 is 1.87 bits per heavy atom. The zero-order chi connectivity index (χ0) is 10.2. The predicted octanol–water partition coefficient (Wildman–Crippen LogP) is 3.43. The van der Waals surface area contributed by atoms with Gasteiger partial charge in [0.2, 0.25) is 0 Å². The molecule has 1 atom stereocenters. The molecule has 0 saturated carbocycles. The van der Waals surface area contributed by atoms with Crippen molar-refractivity contribution in [1.82, 2.24) is 5.32 Å². The maximum absolute atomic E-state index is 3.50. The quantitative estimate of drug-likeness (QED) is 0.735. The first-order valence-corrected chi connectivity index (χ1v) is 5.60. The van der Waals surface area contributed by atoms with Crippen LogP contribution in [0.4, 0.5) is 0 Å². The summed E-state index contributed by atoms with van der Waals surface area (Å²) in [6.45, 7) is 5.58. The first-order chi connectivity index (χ1) is 6.83. The van der Waals surface area contributed by atoms with Gasteiger partial charge in [-0.15, -0.1) is 12.4 Å². The molecule has 0 amide bonds. The molecule has 15 heavy (non-hydrogen) atoms. The van der Waals surface area contributed by atoms with E-state index in [1.807, 2.05) is 0 Å². The molecule has 1 aromatic rings. The average Bonchev–Trinajstić information content (AvgIpc) is 2.25. The summed E-state index contributed by atoms with van der Waals surface area (Å²) in [5, 5.41) is 3.50. The number of benzene rings is 1. The maximum atomic E-state index is 3.50. The molecule has 2 heteroatoms. The number of halogens is 1. The highest BCUT2D eigenvalue weighted by Crippen LogP contribution is 2.01. The van der Waals surface area contributed by atoms with Crippen LogP contribution in [-0.2, 0) is 6.42 Å². The molecule has 0 aromatic heterocycles. The van der Waals surface area contributed by atoms with E-state index in [1.165, 1.54) is 24.8 Å². The van der Waals surface area contributed by atoms with E-state index in [2.05, 4.69) is 49.5 Å². The van der Waals surface area contributed by atoms with E-state index in [0.717, 1.165) is 6.54 Å². The number of nitrogens with one attached hydrogen (secondary N) is 1. The fourth-order valence-corrected chi connectivity index (χ4v) is 1.43. The van der Waals surface area contributed by atoms with E-state index < -0.39 is 0 Å². The number of hydrogen-bond acceptors (Lipinski definition) is 1. The molecule has 0 heterocycles. The third kappa shape index (κ3) is 6.53. The van der Waals surface area contributed by atoms with Gasteiger partial charge in [0, 0.05) is 6.04 Å². The lowest BCUT2D eigenvalue weighted by molar-refractivity contribution is 0.524. The Kier molecular flexibility index (Phi) is 8.44. The summed E-state index contributed by atoms with van der Waals surface area (Å²) in [6, 6.07) is 11.3. The zero-order valence-electron chi connectivity index (χ0n) is 9.70. The van der Waals surface area contributed by atoms with Crippen molar-refractivity contribution in [2.75, 3.05) is 6.54 Å². The molecule has 86 valence electrons. The van der Waals surface area contributed by atoms with Crippen LogP contribution in [0.1, 0.15) is 32.3 Å². The second-order valence-corrected chi connectivity index (χ2v) is 3.85. The third-order valence-electron chi connectivity index (χ3n) is 2.59. The van der Waals surface area contributed by atoms with Crippen molar-refractivity contribution in [3.8, 4) is 0 Å². The highest BCUT2D eigenvalue weighted by Gasteiger charge is 1.96. The topological polar surface area (TPSA) is 12.0 Å². The van der Waals surface area contributed by atoms with Gasteiger partial charge in [-0.2, -0.15) is 0 Å². The van der Waals surface area contributed by atoms with Crippen molar-refractivity contribution in [1.29, 1.82) is 0 Å². The van der Waals surface area contributed by atoms with Crippen molar-refractivity contribution >= 4 is 12.4 Å². The van der Waals surface area contributed by atoms with Crippen molar-refractivity contribution in [2.45, 2.75) is 39.2 Å². The van der Waals surface area contributed by atoms with Crippen LogP contribution in [0.15, 0.2) is 30.3 Å². The highest BCUT2D eigenvalue weighted by molar-refractivity contribution is 5.85. The van der Waals surface area contributed by atoms with Crippen LogP contribution in [-0.4, -0.2) is 12.6 Å². The van der Waals surface area contributed by atoms with Crippen LogP contribution in [0.3, 0.4) is 0 Å². The smallest absolute Gasteiger partial charge is 0.00361 e. The Morgan fingerprint density at radius 3 is 2.47 bits per heavy atom. The lowest BCUT2D eigenvalue weighted by Gasteiger charge is -2.10. The Labute approximate surface area is 99.7 Å². The summed E-state index contributed by atoms with van der Waals surface area (Å²) < 4.78 is 0. The second kappa shape index (κ2) is 8.75. The van der Waals surface area contributed by atoms with Crippen molar-refractivity contribution in [3.05, 3.63) is 35.9 Å². The van der Waals surface area contributed by atoms with E-state index >= 15 is 0 Å². The summed E-state index contributed by atoms with van der Waals surface area (Å²) in [5.74, 6) is 0. The largest absolute Gasteiger partial charge is 0.314 e. The Morgan fingerprint density at radius 1 is 1.20 bits per heavy atom. The normalized spacial score (nSPS) is 11.9. The van der Waals surface area contributed by atoms with Gasteiger partial charge in [-0.25, -0.2) is 0 Å². The molecular weight excluding hydrogens is 206 g/mol. The molecule has 1 aromatic carbocycles. The fraction of sp³-hybridized carbons (Fsp3) is 0.538. The van der Waals surface area contributed by atoms with Crippen LogP contribution in [0.5, 0.6) is 0 Å². The minimum absolute atomic E-state index is 0. The number of rotatable bonds is 6. The molecule has 0 aliphatic rings. The molecular formula is C13H22ClN. The van der Waals surface area contributed by atoms with Gasteiger partial charge in [-0.3, -0.25) is 0 Å². The van der Waals surface area contributed by atoms with E-state index in [1.54, 1.807) is 0 Å². The Bertz CT molecular complexity index is 236. The number of aryl methyl sites for hydroxylation is 1. The fourth-order valence-electron chi connectivity index (χ4n) is 1.43. The van der Waals surface area contributed by atoms with Crippen LogP contribution < -0.4 is 5.32 Å². The summed E-state index contributed by atoms with van der Waals surface area (Å²) in [5.41, 5.74) is 1.44. The lowest BCUT2D eigenvalue weighted by atomic mass is 10.1. The van der Waals surface area contributed by atoms with Gasteiger partial charge in [0.05, 0.1) is 0 Å². The highest BCUT2D eigenvalue weighted by atomic mass is 35.5. The van der Waals surface area contributed by atoms with Gasteiger partial charge in [0.25, 0.3) is 0 Å². The number of hydrogen-bond donors (Lipinski definition) is 1. The minimum atomic E-state index is 0. The molecule has 1 nitrogen and oxygen atoms in total. The molecule has 0 spiro atoms. The summed E-state index contributed by atoms with van der Waals surface area (Å²) in [4.78, 5) is 0. The van der Waals surface area contributed by atoms with Crippen LogP contribution in [0.2, 0.25) is 0 Å². The molecule has 1 N–H and O–H groups in total. The van der Waals surface area contributed by atoms with E-state index in [0.29, 0.717) is 6.04 Å². The molecule has 0 radical (unpaired) electrons. The summed E-state index contributed by atoms with van der Waals surface area (Å²) in [6.07, 6.45) is 3.63. The van der Waals surface area contributed by atoms with E-state index in [-0.39, 0.29) is 12.4 Å². The molecule has 0 aliphatic heterocycles. The van der Waals surface area contributed by atoms with Crippen molar-refractivity contribution in [2.24, 2.45) is 0 Å². The van der Waals surface area contributed by atoms with Crippen LogP contribution in [0.25, 0.3) is 0 Å². The second-order valence-electron chi connectivity index (χ2n) is 3.85. The molecule has 0 saturated heterocycles.